The highest BCUT2D eigenvalue weighted by Crippen LogP contribution is 2.15. The van der Waals surface area contributed by atoms with Crippen molar-refractivity contribution >= 4 is 5.97 Å². The van der Waals surface area contributed by atoms with E-state index in [1.807, 2.05) is 6.92 Å². The van der Waals surface area contributed by atoms with Gasteiger partial charge >= 0.3 is 5.97 Å². The first kappa shape index (κ1) is 30.0. The van der Waals surface area contributed by atoms with Crippen molar-refractivity contribution in [3.8, 4) is 0 Å². The number of esters is 1. The summed E-state index contributed by atoms with van der Waals surface area (Å²) >= 11 is 0. The molecule has 0 aliphatic heterocycles. The van der Waals surface area contributed by atoms with Crippen LogP contribution in [0.3, 0.4) is 0 Å². The topological polar surface area (TPSA) is 35.5 Å². The van der Waals surface area contributed by atoms with E-state index in [-0.39, 0.29) is 5.76 Å². The van der Waals surface area contributed by atoms with Gasteiger partial charge in [-0.2, -0.15) is 0 Å². The molecular weight excluding hydrogens is 384 g/mol. The van der Waals surface area contributed by atoms with Crippen LogP contribution in [0.5, 0.6) is 0 Å². The molecule has 0 aromatic heterocycles. The van der Waals surface area contributed by atoms with Gasteiger partial charge in [0.15, 0.2) is 5.76 Å². The highest BCUT2D eigenvalue weighted by Gasteiger charge is 2.08. The lowest BCUT2D eigenvalue weighted by atomic mass is 10.0. The predicted octanol–water partition coefficient (Wildman–Crippen LogP) is 9.29. The second kappa shape index (κ2) is 25.3. The van der Waals surface area contributed by atoms with E-state index in [1.54, 1.807) is 0 Å². The predicted molar refractivity (Wildman–Crippen MR) is 134 cm³/mol. The summed E-state index contributed by atoms with van der Waals surface area (Å²) in [5, 5.41) is 0. The summed E-state index contributed by atoms with van der Waals surface area (Å²) in [6, 6.07) is 0. The van der Waals surface area contributed by atoms with Crippen LogP contribution in [-0.4, -0.2) is 19.2 Å². The first-order chi connectivity index (χ1) is 15.2. The van der Waals surface area contributed by atoms with Gasteiger partial charge in [0.1, 0.15) is 0 Å². The van der Waals surface area contributed by atoms with Crippen LogP contribution in [0, 0.1) is 0 Å². The fourth-order valence-corrected chi connectivity index (χ4v) is 4.01. The average molecular weight is 439 g/mol. The summed E-state index contributed by atoms with van der Waals surface area (Å²) in [5.74, 6) is -0.305. The van der Waals surface area contributed by atoms with Crippen molar-refractivity contribution in [3.05, 3.63) is 12.3 Å². The third-order valence-electron chi connectivity index (χ3n) is 6.03. The molecule has 0 bridgehead atoms. The lowest BCUT2D eigenvalue weighted by molar-refractivity contribution is -0.143. The highest BCUT2D eigenvalue weighted by molar-refractivity contribution is 5.85. The molecule has 0 N–H and O–H groups in total. The molecule has 0 rings (SSSR count). The summed E-state index contributed by atoms with van der Waals surface area (Å²) in [5.41, 5.74) is 0. The minimum Gasteiger partial charge on any atom is -0.487 e. The Labute approximate surface area is 194 Å². The van der Waals surface area contributed by atoms with Crippen molar-refractivity contribution in [2.24, 2.45) is 0 Å². The lowest BCUT2D eigenvalue weighted by Crippen LogP contribution is -2.10. The van der Waals surface area contributed by atoms with Crippen molar-refractivity contribution < 1.29 is 14.3 Å². The zero-order valence-electron chi connectivity index (χ0n) is 21.2. The fourth-order valence-electron chi connectivity index (χ4n) is 4.01. The zero-order chi connectivity index (χ0) is 22.8. The molecule has 3 nitrogen and oxygen atoms in total. The molecule has 0 atom stereocenters. The van der Waals surface area contributed by atoms with Crippen LogP contribution < -0.4 is 0 Å². The molecule has 0 saturated heterocycles. The molecule has 0 aliphatic carbocycles. The number of ether oxygens (including phenoxy) is 2. The van der Waals surface area contributed by atoms with Crippen LogP contribution >= 0.6 is 0 Å². The van der Waals surface area contributed by atoms with E-state index in [1.165, 1.54) is 122 Å². The first-order valence-corrected chi connectivity index (χ1v) is 13.7. The monoisotopic (exact) mass is 438 g/mol. The van der Waals surface area contributed by atoms with E-state index in [2.05, 4.69) is 13.5 Å². The van der Waals surface area contributed by atoms with Crippen molar-refractivity contribution in [1.82, 2.24) is 0 Å². The Morgan fingerprint density at radius 1 is 0.516 bits per heavy atom. The maximum Gasteiger partial charge on any atom is 0.372 e. The van der Waals surface area contributed by atoms with Crippen molar-refractivity contribution in [2.45, 2.75) is 149 Å². The first-order valence-electron chi connectivity index (χ1n) is 13.7. The van der Waals surface area contributed by atoms with Gasteiger partial charge in [0.05, 0.1) is 13.2 Å². The molecule has 0 radical (unpaired) electrons. The fraction of sp³-hybridized carbons (Fsp3) is 0.893. The standard InChI is InChI=1S/C28H54O3/c1-4-6-7-8-9-10-11-12-13-14-15-16-17-18-19-20-21-22-23-24-25-26-31-28(29)27(3)30-5-2/h3-26H2,1-2H3. The molecular formula is C28H54O3. The zero-order valence-corrected chi connectivity index (χ0v) is 21.2. The molecule has 0 amide bonds. The molecule has 0 fully saturated rings. The third-order valence-corrected chi connectivity index (χ3v) is 6.03. The quantitative estimate of drug-likeness (QED) is 0.0616. The number of carbonyl (C=O) groups is 1. The van der Waals surface area contributed by atoms with E-state index < -0.39 is 5.97 Å². The van der Waals surface area contributed by atoms with Crippen molar-refractivity contribution in [3.63, 3.8) is 0 Å². The number of carbonyl (C=O) groups excluding carboxylic acids is 1. The second-order valence-corrected chi connectivity index (χ2v) is 9.06. The van der Waals surface area contributed by atoms with Gasteiger partial charge in [-0.05, 0) is 19.9 Å². The van der Waals surface area contributed by atoms with Crippen molar-refractivity contribution in [1.29, 1.82) is 0 Å². The van der Waals surface area contributed by atoms with Gasteiger partial charge in [-0.1, -0.05) is 135 Å². The molecule has 0 heterocycles. The highest BCUT2D eigenvalue weighted by atomic mass is 16.6. The minimum absolute atomic E-state index is 0.117. The summed E-state index contributed by atoms with van der Waals surface area (Å²) in [7, 11) is 0. The Bertz CT molecular complexity index is 392. The minimum atomic E-state index is -0.421. The Hall–Kier alpha value is -0.990. The van der Waals surface area contributed by atoms with Gasteiger partial charge < -0.3 is 9.47 Å². The summed E-state index contributed by atoms with van der Waals surface area (Å²) in [4.78, 5) is 11.5. The van der Waals surface area contributed by atoms with Gasteiger partial charge in [0, 0.05) is 0 Å². The number of rotatable bonds is 25. The molecule has 0 aromatic carbocycles. The normalized spacial score (nSPS) is 10.9. The maximum absolute atomic E-state index is 11.5. The molecule has 184 valence electrons. The van der Waals surface area contributed by atoms with Gasteiger partial charge in [-0.3, -0.25) is 0 Å². The SMILES string of the molecule is C=C(OCC)C(=O)OCCCCCCCCCCCCCCCCCCCCCCC. The number of unbranched alkanes of at least 4 members (excludes halogenated alkanes) is 20. The van der Waals surface area contributed by atoms with E-state index in [0.29, 0.717) is 13.2 Å². The largest absolute Gasteiger partial charge is 0.487 e. The third kappa shape index (κ3) is 23.5. The smallest absolute Gasteiger partial charge is 0.372 e. The molecule has 0 saturated carbocycles. The van der Waals surface area contributed by atoms with Crippen LogP contribution in [0.15, 0.2) is 12.3 Å². The maximum atomic E-state index is 11.5. The van der Waals surface area contributed by atoms with E-state index in [4.69, 9.17) is 9.47 Å². The van der Waals surface area contributed by atoms with Gasteiger partial charge in [0.25, 0.3) is 0 Å². The van der Waals surface area contributed by atoms with E-state index in [9.17, 15) is 4.79 Å². The summed E-state index contributed by atoms with van der Waals surface area (Å²) in [6.07, 6.45) is 28.9. The Morgan fingerprint density at radius 2 is 0.839 bits per heavy atom. The Balaban J connectivity index is 3.11. The van der Waals surface area contributed by atoms with E-state index >= 15 is 0 Å². The average Bonchev–Trinajstić information content (AvgIpc) is 2.77. The van der Waals surface area contributed by atoms with Crippen LogP contribution in [0.2, 0.25) is 0 Å². The van der Waals surface area contributed by atoms with Crippen LogP contribution in [0.1, 0.15) is 149 Å². The molecule has 0 unspecified atom stereocenters. The molecule has 0 aromatic rings. The molecule has 0 spiro atoms. The van der Waals surface area contributed by atoms with Gasteiger partial charge in [-0.15, -0.1) is 0 Å². The molecule has 31 heavy (non-hydrogen) atoms. The lowest BCUT2D eigenvalue weighted by Gasteiger charge is -2.07. The Morgan fingerprint density at radius 3 is 1.16 bits per heavy atom. The molecule has 3 heteroatoms. The van der Waals surface area contributed by atoms with Gasteiger partial charge in [0.2, 0.25) is 0 Å². The Kier molecular flexibility index (Phi) is 24.5. The van der Waals surface area contributed by atoms with Crippen LogP contribution in [-0.2, 0) is 14.3 Å². The molecule has 0 aliphatic rings. The number of hydrogen-bond donors (Lipinski definition) is 0. The van der Waals surface area contributed by atoms with Crippen molar-refractivity contribution in [2.75, 3.05) is 13.2 Å². The van der Waals surface area contributed by atoms with Gasteiger partial charge in [-0.25, -0.2) is 4.79 Å². The van der Waals surface area contributed by atoms with Crippen LogP contribution in [0.4, 0.5) is 0 Å². The number of hydrogen-bond acceptors (Lipinski definition) is 3. The second-order valence-electron chi connectivity index (χ2n) is 9.06. The summed E-state index contributed by atoms with van der Waals surface area (Å²) in [6.45, 7) is 8.60. The van der Waals surface area contributed by atoms with Crippen LogP contribution in [0.25, 0.3) is 0 Å². The van der Waals surface area contributed by atoms with E-state index in [0.717, 1.165) is 12.8 Å². The summed E-state index contributed by atoms with van der Waals surface area (Å²) < 4.78 is 10.2.